The van der Waals surface area contributed by atoms with Gasteiger partial charge in [0.2, 0.25) is 0 Å². The number of H-pyrrole nitrogens is 3. The summed E-state index contributed by atoms with van der Waals surface area (Å²) in [5.41, 5.74) is 9.74. The van der Waals surface area contributed by atoms with Crippen molar-refractivity contribution in [1.29, 1.82) is 0 Å². The molecule has 39 heavy (non-hydrogen) atoms. The van der Waals surface area contributed by atoms with Gasteiger partial charge in [0.25, 0.3) is 0 Å². The number of hydrogen-bond acceptors (Lipinski definition) is 2. The maximum Gasteiger partial charge on any atom is 0.140 e. The van der Waals surface area contributed by atoms with Crippen LogP contribution in [0.3, 0.4) is 0 Å². The van der Waals surface area contributed by atoms with Gasteiger partial charge in [-0.1, -0.05) is 65.5 Å². The molecule has 0 aliphatic carbocycles. The van der Waals surface area contributed by atoms with E-state index in [2.05, 4.69) is 110 Å². The van der Waals surface area contributed by atoms with Gasteiger partial charge in [0.1, 0.15) is 21.5 Å². The summed E-state index contributed by atoms with van der Waals surface area (Å²) >= 11 is 0. The first-order valence-corrected chi connectivity index (χ1v) is 13.2. The number of nitrogens with zero attached hydrogens (tertiary/aromatic N) is 2. The third-order valence-electron chi connectivity index (χ3n) is 7.76. The first-order chi connectivity index (χ1) is 19.1. The summed E-state index contributed by atoms with van der Waals surface area (Å²) in [4.78, 5) is 20.5. The molecule has 0 atom stereocenters. The molecule has 3 N–H and O–H groups in total. The van der Waals surface area contributed by atoms with E-state index in [4.69, 9.17) is 9.98 Å². The third-order valence-corrected chi connectivity index (χ3v) is 7.76. The molecule has 5 nitrogen and oxygen atoms in total. The Morgan fingerprint density at radius 2 is 1.38 bits per heavy atom. The number of rotatable bonds is 3. The van der Waals surface area contributed by atoms with E-state index in [1.165, 1.54) is 32.5 Å². The van der Waals surface area contributed by atoms with Crippen LogP contribution in [0.15, 0.2) is 96.2 Å². The van der Waals surface area contributed by atoms with Crippen LogP contribution in [0.1, 0.15) is 5.56 Å². The molecule has 0 saturated heterocycles. The Labute approximate surface area is 225 Å². The minimum atomic E-state index is 0.863. The second kappa shape index (κ2) is 8.23. The molecule has 8 rings (SSSR count). The molecule has 8 aromatic rings. The Bertz CT molecular complexity index is 2270. The fourth-order valence-electron chi connectivity index (χ4n) is 5.81. The predicted molar refractivity (Wildman–Crippen MR) is 170 cm³/mol. The second-order valence-corrected chi connectivity index (χ2v) is 10.4. The molecule has 0 aliphatic rings. The molecule has 0 unspecified atom stereocenters. The number of aromatic amines is 3. The van der Waals surface area contributed by atoms with Gasteiger partial charge < -0.3 is 15.0 Å². The zero-order valence-electron chi connectivity index (χ0n) is 21.6. The molecule has 7 heteroatoms. The van der Waals surface area contributed by atoms with Crippen LogP contribution in [0, 0.1) is 0 Å². The standard InChI is InChI=1S/C32H23B2N5/c33-18-5-9-28-24(11-18)17(15-36-28)14-35-20-7-8-22-21-3-1-2-4-23(21)30-31(26(22)13-20)39-32(38-30)27-16-37-29-10-6-19(34)12-25(27)29/h1-16,36-37H,33-34H2,(H,38,39). The molecule has 182 valence electrons. The zero-order chi connectivity index (χ0) is 26.1. The monoisotopic (exact) mass is 499 g/mol. The van der Waals surface area contributed by atoms with Gasteiger partial charge in [-0.15, -0.1) is 0 Å². The normalized spacial score (nSPS) is 12.2. The molecule has 0 radical (unpaired) electrons. The topological polar surface area (TPSA) is 72.6 Å². The lowest BCUT2D eigenvalue weighted by molar-refractivity contribution is 1.34. The average Bonchev–Trinajstić information content (AvgIpc) is 3.68. The highest BCUT2D eigenvalue weighted by molar-refractivity contribution is 6.34. The van der Waals surface area contributed by atoms with Gasteiger partial charge in [-0.2, -0.15) is 0 Å². The summed E-state index contributed by atoms with van der Waals surface area (Å²) in [6.07, 6.45) is 6.01. The second-order valence-electron chi connectivity index (χ2n) is 10.4. The van der Waals surface area contributed by atoms with E-state index >= 15 is 0 Å². The summed E-state index contributed by atoms with van der Waals surface area (Å²) in [5.74, 6) is 0.863. The molecule has 0 fully saturated rings. The highest BCUT2D eigenvalue weighted by Gasteiger charge is 2.16. The lowest BCUT2D eigenvalue weighted by Gasteiger charge is -2.07. The summed E-state index contributed by atoms with van der Waals surface area (Å²) in [7, 11) is 4.23. The number of nitrogens with one attached hydrogen (secondary N) is 3. The maximum absolute atomic E-state index is 5.15. The number of hydrogen-bond donors (Lipinski definition) is 3. The van der Waals surface area contributed by atoms with Crippen molar-refractivity contribution in [2.45, 2.75) is 0 Å². The first-order valence-electron chi connectivity index (χ1n) is 13.2. The van der Waals surface area contributed by atoms with E-state index in [0.717, 1.165) is 55.5 Å². The Kier molecular flexibility index (Phi) is 4.64. The smallest absolute Gasteiger partial charge is 0.140 e. The van der Waals surface area contributed by atoms with Crippen LogP contribution < -0.4 is 10.9 Å². The largest absolute Gasteiger partial charge is 0.361 e. The van der Waals surface area contributed by atoms with Crippen molar-refractivity contribution >= 4 is 92.9 Å². The van der Waals surface area contributed by atoms with Crippen molar-refractivity contribution in [2.75, 3.05) is 0 Å². The van der Waals surface area contributed by atoms with E-state index in [1.54, 1.807) is 0 Å². The lowest BCUT2D eigenvalue weighted by Crippen LogP contribution is -1.99. The Morgan fingerprint density at radius 3 is 2.23 bits per heavy atom. The van der Waals surface area contributed by atoms with Crippen LogP contribution in [0.2, 0.25) is 0 Å². The van der Waals surface area contributed by atoms with Gasteiger partial charge in [0.15, 0.2) is 0 Å². The molecule has 0 amide bonds. The highest BCUT2D eigenvalue weighted by Crippen LogP contribution is 2.38. The van der Waals surface area contributed by atoms with Gasteiger partial charge in [0, 0.05) is 62.3 Å². The van der Waals surface area contributed by atoms with E-state index in [-0.39, 0.29) is 0 Å². The van der Waals surface area contributed by atoms with Gasteiger partial charge in [-0.25, -0.2) is 4.98 Å². The minimum absolute atomic E-state index is 0.863. The molecule has 0 saturated carbocycles. The molecular formula is C32H23B2N5. The van der Waals surface area contributed by atoms with E-state index < -0.39 is 0 Å². The third kappa shape index (κ3) is 3.43. The molecular weight excluding hydrogens is 476 g/mol. The Balaban J connectivity index is 1.33. The molecule has 3 aromatic heterocycles. The molecule has 0 aliphatic heterocycles. The van der Waals surface area contributed by atoms with Crippen molar-refractivity contribution in [1.82, 2.24) is 19.9 Å². The van der Waals surface area contributed by atoms with Gasteiger partial charge in [0.05, 0.1) is 16.7 Å². The predicted octanol–water partition coefficient (Wildman–Crippen LogP) is 4.77. The number of aliphatic imine (C=N–C) groups is 1. The number of benzene rings is 5. The van der Waals surface area contributed by atoms with Crippen LogP contribution in [0.4, 0.5) is 5.69 Å². The number of aromatic nitrogens is 4. The quantitative estimate of drug-likeness (QED) is 0.183. The van der Waals surface area contributed by atoms with Crippen LogP contribution in [-0.2, 0) is 0 Å². The van der Waals surface area contributed by atoms with Crippen LogP contribution in [0.5, 0.6) is 0 Å². The molecule has 3 heterocycles. The maximum atomic E-state index is 5.15. The Hall–Kier alpha value is -5.03. The SMILES string of the molecule is Bc1ccc2[nH]cc(C=Nc3ccc4c5ccccc5c5nc(-c6c[nH]c7ccc(B)cc67)[nH]c5c4c3)c2c1. The van der Waals surface area contributed by atoms with Gasteiger partial charge in [-0.05, 0) is 35.0 Å². The van der Waals surface area contributed by atoms with E-state index in [0.29, 0.717) is 0 Å². The van der Waals surface area contributed by atoms with Crippen molar-refractivity contribution in [3.05, 3.63) is 96.8 Å². The number of imidazole rings is 1. The van der Waals surface area contributed by atoms with Gasteiger partial charge >= 0.3 is 0 Å². The van der Waals surface area contributed by atoms with Crippen molar-refractivity contribution in [3.8, 4) is 11.4 Å². The summed E-state index contributed by atoms with van der Waals surface area (Å²) < 4.78 is 0. The van der Waals surface area contributed by atoms with Crippen LogP contribution >= 0.6 is 0 Å². The van der Waals surface area contributed by atoms with Crippen molar-refractivity contribution in [3.63, 3.8) is 0 Å². The zero-order valence-corrected chi connectivity index (χ0v) is 21.6. The van der Waals surface area contributed by atoms with Crippen molar-refractivity contribution < 1.29 is 0 Å². The first kappa shape index (κ1) is 22.0. The molecule has 0 bridgehead atoms. The highest BCUT2D eigenvalue weighted by atomic mass is 14.9. The van der Waals surface area contributed by atoms with E-state index in [1.807, 2.05) is 18.6 Å². The minimum Gasteiger partial charge on any atom is -0.361 e. The van der Waals surface area contributed by atoms with Crippen LogP contribution in [-0.4, -0.2) is 41.8 Å². The van der Waals surface area contributed by atoms with Gasteiger partial charge in [-0.3, -0.25) is 4.99 Å². The molecule has 5 aromatic carbocycles. The lowest BCUT2D eigenvalue weighted by atomic mass is 9.94. The van der Waals surface area contributed by atoms with Crippen molar-refractivity contribution in [2.24, 2.45) is 4.99 Å². The Morgan fingerprint density at radius 1 is 0.667 bits per heavy atom. The molecule has 0 spiro atoms. The van der Waals surface area contributed by atoms with E-state index in [9.17, 15) is 0 Å². The fraction of sp³-hybridized carbons (Fsp3) is 0. The summed E-state index contributed by atoms with van der Waals surface area (Å²) in [5, 5.41) is 6.98. The van der Waals surface area contributed by atoms with Crippen LogP contribution in [0.25, 0.3) is 65.8 Å². The summed E-state index contributed by atoms with van der Waals surface area (Å²) in [6, 6.07) is 27.8. The summed E-state index contributed by atoms with van der Waals surface area (Å²) in [6.45, 7) is 0. The number of fused-ring (bicyclic) bond motifs is 8. The fourth-order valence-corrected chi connectivity index (χ4v) is 5.81. The average molecular weight is 499 g/mol.